The molecule has 0 aliphatic carbocycles. The van der Waals surface area contributed by atoms with Crippen LogP contribution in [-0.4, -0.2) is 37.7 Å². The first-order valence-corrected chi connectivity index (χ1v) is 10.8. The lowest BCUT2D eigenvalue weighted by molar-refractivity contribution is -0.162. The summed E-state index contributed by atoms with van der Waals surface area (Å²) >= 11 is 0. The highest BCUT2D eigenvalue weighted by molar-refractivity contribution is 7.56. The highest BCUT2D eigenvalue weighted by Gasteiger charge is 2.38. The van der Waals surface area contributed by atoms with Gasteiger partial charge in [-0.2, -0.15) is 0 Å². The molecular weight excluding hydrogens is 372 g/mol. The highest BCUT2D eigenvalue weighted by atomic mass is 31.2. The van der Waals surface area contributed by atoms with E-state index >= 15 is 0 Å². The van der Waals surface area contributed by atoms with E-state index in [0.29, 0.717) is 0 Å². The van der Waals surface area contributed by atoms with Gasteiger partial charge in [-0.25, -0.2) is 9.48 Å². The Morgan fingerprint density at radius 2 is 2.11 bits per heavy atom. The molecule has 0 amide bonds. The summed E-state index contributed by atoms with van der Waals surface area (Å²) in [5.74, 6) is -2.59. The molecule has 0 aromatic heterocycles. The van der Waals surface area contributed by atoms with Crippen molar-refractivity contribution in [2.45, 2.75) is 45.3 Å². The molecule has 1 aliphatic rings. The number of esters is 1. The Hall–Kier alpha value is -1.53. The third kappa shape index (κ3) is 6.85. The first-order chi connectivity index (χ1) is 12.8. The molecule has 3 atom stereocenters. The van der Waals surface area contributed by atoms with E-state index in [2.05, 4.69) is 5.09 Å². The molecule has 1 N–H and O–H groups in total. The molecule has 0 saturated heterocycles. The Kier molecular flexibility index (Phi) is 7.74. The van der Waals surface area contributed by atoms with Gasteiger partial charge in [-0.05, 0) is 26.3 Å². The second kappa shape index (κ2) is 9.60. The normalized spacial score (nSPS) is 23.2. The minimum Gasteiger partial charge on any atom is -0.465 e. The predicted octanol–water partition coefficient (Wildman–Crippen LogP) is 3.97. The van der Waals surface area contributed by atoms with Gasteiger partial charge < -0.3 is 14.0 Å². The number of rotatable bonds is 9. The van der Waals surface area contributed by atoms with Gasteiger partial charge in [-0.1, -0.05) is 42.0 Å². The van der Waals surface area contributed by atoms with Crippen LogP contribution in [0.2, 0.25) is 0 Å². The lowest BCUT2D eigenvalue weighted by atomic mass is 10.1. The fourth-order valence-electron chi connectivity index (χ4n) is 2.73. The van der Waals surface area contributed by atoms with Crippen molar-refractivity contribution in [2.24, 2.45) is 0 Å². The van der Waals surface area contributed by atoms with Gasteiger partial charge in [-0.3, -0.25) is 9.36 Å². The van der Waals surface area contributed by atoms with Crippen LogP contribution in [0.3, 0.4) is 0 Å². The summed E-state index contributed by atoms with van der Waals surface area (Å²) in [6.45, 7) is 4.89. The van der Waals surface area contributed by atoms with Gasteiger partial charge in [0.25, 0.3) is 7.52 Å². The van der Waals surface area contributed by atoms with E-state index in [1.54, 1.807) is 25.1 Å². The Bertz CT molecular complexity index is 711. The second-order valence-corrected chi connectivity index (χ2v) is 8.79. The maximum atomic E-state index is 14.9. The maximum Gasteiger partial charge on any atom is 0.323 e. The maximum absolute atomic E-state index is 14.9. The minimum absolute atomic E-state index is 0.0164. The Balaban J connectivity index is 2.12. The summed E-state index contributed by atoms with van der Waals surface area (Å²) in [6.07, 6.45) is 1.86. The number of ether oxygens (including phenoxy) is 2. The molecule has 1 aromatic rings. The molecule has 6 nitrogen and oxygen atoms in total. The summed E-state index contributed by atoms with van der Waals surface area (Å²) in [7, 11) is -3.59. The quantitative estimate of drug-likeness (QED) is 0.385. The summed E-state index contributed by atoms with van der Waals surface area (Å²) in [5, 5.41) is 2.72. The van der Waals surface area contributed by atoms with Gasteiger partial charge in [0.15, 0.2) is 0 Å². The van der Waals surface area contributed by atoms with Crippen LogP contribution >= 0.6 is 7.52 Å². The van der Waals surface area contributed by atoms with Crippen molar-refractivity contribution >= 4 is 13.5 Å². The molecule has 2 rings (SSSR count). The van der Waals surface area contributed by atoms with E-state index in [4.69, 9.17) is 14.0 Å². The first kappa shape index (κ1) is 21.8. The average Bonchev–Trinajstić information content (AvgIpc) is 2.61. The number of halogens is 1. The van der Waals surface area contributed by atoms with Crippen molar-refractivity contribution in [2.75, 3.05) is 19.8 Å². The fraction of sp³-hybridized carbons (Fsp3) is 0.526. The van der Waals surface area contributed by atoms with Crippen molar-refractivity contribution in [3.05, 3.63) is 47.5 Å². The number of carbonyl (C=O) groups excluding carboxylic acids is 1. The molecule has 0 saturated carbocycles. The summed E-state index contributed by atoms with van der Waals surface area (Å²) in [5.41, 5.74) is 1.59. The number of hydrogen-bond acceptors (Lipinski definition) is 5. The van der Waals surface area contributed by atoms with Crippen LogP contribution in [-0.2, 0) is 29.5 Å². The van der Waals surface area contributed by atoms with E-state index in [1.807, 2.05) is 25.1 Å². The standard InChI is InChI=1S/C19H27FNO5P/c1-4-24-18(22)16(3)21-27(23,13-17-8-6-5-7-9-17)26-14-19(20)12-15(2)10-11-25-19/h5-10,16H,4,11-14H2,1-3H3,(H,21,23)/t16-,19-,27?/m0/s1. The van der Waals surface area contributed by atoms with Gasteiger partial charge in [-0.15, -0.1) is 0 Å². The molecule has 0 radical (unpaired) electrons. The average molecular weight is 399 g/mol. The number of carbonyl (C=O) groups is 1. The fourth-order valence-corrected chi connectivity index (χ4v) is 4.78. The van der Waals surface area contributed by atoms with Crippen molar-refractivity contribution in [1.82, 2.24) is 5.09 Å². The largest absolute Gasteiger partial charge is 0.465 e. The molecule has 1 heterocycles. The Morgan fingerprint density at radius 3 is 2.74 bits per heavy atom. The Morgan fingerprint density at radius 1 is 1.41 bits per heavy atom. The zero-order valence-electron chi connectivity index (χ0n) is 15.9. The first-order valence-electron chi connectivity index (χ1n) is 8.96. The van der Waals surface area contributed by atoms with Crippen LogP contribution in [0.4, 0.5) is 4.39 Å². The van der Waals surface area contributed by atoms with Crippen molar-refractivity contribution in [3.8, 4) is 0 Å². The third-order valence-electron chi connectivity index (χ3n) is 4.07. The molecule has 0 fully saturated rings. The van der Waals surface area contributed by atoms with Crippen LogP contribution in [0.5, 0.6) is 0 Å². The summed E-state index contributed by atoms with van der Waals surface area (Å²) in [4.78, 5) is 11.9. The molecule has 27 heavy (non-hydrogen) atoms. The van der Waals surface area contributed by atoms with Crippen LogP contribution in [0.15, 0.2) is 42.0 Å². The minimum atomic E-state index is -3.59. The zero-order valence-corrected chi connectivity index (χ0v) is 16.8. The van der Waals surface area contributed by atoms with E-state index < -0.39 is 32.0 Å². The molecular formula is C19H27FNO5P. The lowest BCUT2D eigenvalue weighted by Crippen LogP contribution is -2.38. The second-order valence-electron chi connectivity index (χ2n) is 6.61. The molecule has 0 spiro atoms. The SMILES string of the molecule is CCOC(=O)[C@H](C)NP(=O)(Cc1ccccc1)OC[C@]1(F)CC(C)=CCO1. The predicted molar refractivity (Wildman–Crippen MR) is 101 cm³/mol. The molecule has 0 bridgehead atoms. The lowest BCUT2D eigenvalue weighted by Gasteiger charge is -2.31. The van der Waals surface area contributed by atoms with Gasteiger partial charge in [0.2, 0.25) is 5.85 Å². The van der Waals surface area contributed by atoms with Crippen LogP contribution < -0.4 is 5.09 Å². The van der Waals surface area contributed by atoms with Crippen molar-refractivity contribution < 1.29 is 27.7 Å². The van der Waals surface area contributed by atoms with Gasteiger partial charge in [0.05, 0.1) is 19.4 Å². The van der Waals surface area contributed by atoms with Crippen LogP contribution in [0.25, 0.3) is 0 Å². The molecule has 150 valence electrons. The molecule has 1 aromatic carbocycles. The highest BCUT2D eigenvalue weighted by Crippen LogP contribution is 2.48. The van der Waals surface area contributed by atoms with E-state index in [1.165, 1.54) is 6.92 Å². The topological polar surface area (TPSA) is 73.9 Å². The third-order valence-corrected chi connectivity index (χ3v) is 6.18. The smallest absolute Gasteiger partial charge is 0.323 e. The van der Waals surface area contributed by atoms with Crippen LogP contribution in [0, 0.1) is 0 Å². The van der Waals surface area contributed by atoms with Crippen molar-refractivity contribution in [1.29, 1.82) is 0 Å². The number of alkyl halides is 1. The molecule has 1 aliphatic heterocycles. The van der Waals surface area contributed by atoms with Crippen LogP contribution in [0.1, 0.15) is 32.8 Å². The monoisotopic (exact) mass is 399 g/mol. The number of hydrogen-bond donors (Lipinski definition) is 1. The van der Waals surface area contributed by atoms with Crippen molar-refractivity contribution in [3.63, 3.8) is 0 Å². The molecule has 8 heteroatoms. The van der Waals surface area contributed by atoms with E-state index in [9.17, 15) is 13.8 Å². The summed E-state index contributed by atoms with van der Waals surface area (Å²) < 4.78 is 43.9. The van der Waals surface area contributed by atoms with E-state index in [0.717, 1.165) is 11.1 Å². The Labute approximate surface area is 159 Å². The van der Waals surface area contributed by atoms with Gasteiger partial charge in [0.1, 0.15) is 12.6 Å². The van der Waals surface area contributed by atoms with E-state index in [-0.39, 0.29) is 25.8 Å². The zero-order chi connectivity index (χ0) is 19.9. The number of benzene rings is 1. The van der Waals surface area contributed by atoms with Gasteiger partial charge in [0, 0.05) is 6.42 Å². The van der Waals surface area contributed by atoms with Gasteiger partial charge >= 0.3 is 5.97 Å². The summed E-state index contributed by atoms with van der Waals surface area (Å²) in [6, 6.07) is 8.19. The number of nitrogens with one attached hydrogen (secondary N) is 1. The molecule has 1 unspecified atom stereocenters.